The van der Waals surface area contributed by atoms with Crippen molar-refractivity contribution in [1.82, 2.24) is 4.72 Å². The van der Waals surface area contributed by atoms with Gasteiger partial charge in [0.15, 0.2) is 0 Å². The van der Waals surface area contributed by atoms with E-state index in [1.807, 2.05) is 0 Å². The second kappa shape index (κ2) is 7.87. The first-order chi connectivity index (χ1) is 10.4. The standard InChI is InChI=1S/C13H18N2O6S/c1-20-12(16)9-4-5-10(13(17)21-2)11(8-9)22(18,19)15-7-3-6-14/h4-5,8,15H,3,6-7,14H2,1-2H3. The van der Waals surface area contributed by atoms with Crippen LogP contribution in [0.2, 0.25) is 0 Å². The van der Waals surface area contributed by atoms with Crippen LogP contribution in [0.15, 0.2) is 23.1 Å². The van der Waals surface area contributed by atoms with Crippen molar-refractivity contribution in [1.29, 1.82) is 0 Å². The molecule has 8 nitrogen and oxygen atoms in total. The molecule has 122 valence electrons. The summed E-state index contributed by atoms with van der Waals surface area (Å²) in [6.45, 7) is 0.427. The van der Waals surface area contributed by atoms with Gasteiger partial charge in [0.1, 0.15) is 0 Å². The molecule has 3 N–H and O–H groups in total. The molecule has 0 bridgehead atoms. The van der Waals surface area contributed by atoms with Crippen LogP contribution in [0.4, 0.5) is 0 Å². The highest BCUT2D eigenvalue weighted by molar-refractivity contribution is 7.89. The van der Waals surface area contributed by atoms with Crippen LogP contribution < -0.4 is 10.5 Å². The van der Waals surface area contributed by atoms with E-state index >= 15 is 0 Å². The summed E-state index contributed by atoms with van der Waals surface area (Å²) in [5.74, 6) is -1.54. The summed E-state index contributed by atoms with van der Waals surface area (Å²) in [5, 5.41) is 0. The fraction of sp³-hybridized carbons (Fsp3) is 0.385. The molecular weight excluding hydrogens is 312 g/mol. The SMILES string of the molecule is COC(=O)c1ccc(C(=O)OC)c(S(=O)(=O)NCCCN)c1. The second-order valence-electron chi connectivity index (χ2n) is 4.23. The maximum atomic E-state index is 12.3. The largest absolute Gasteiger partial charge is 0.465 e. The molecule has 0 fully saturated rings. The summed E-state index contributed by atoms with van der Waals surface area (Å²) >= 11 is 0. The Bertz CT molecular complexity index is 656. The first kappa shape index (κ1) is 18.1. The summed E-state index contributed by atoms with van der Waals surface area (Å²) in [5.41, 5.74) is 5.15. The molecule has 0 heterocycles. The minimum atomic E-state index is -4.00. The first-order valence-electron chi connectivity index (χ1n) is 6.37. The van der Waals surface area contributed by atoms with Gasteiger partial charge in [0.2, 0.25) is 10.0 Å². The van der Waals surface area contributed by atoms with E-state index in [1.54, 1.807) is 0 Å². The molecule has 0 saturated heterocycles. The van der Waals surface area contributed by atoms with Crippen LogP contribution in [0, 0.1) is 0 Å². The number of sulfonamides is 1. The smallest absolute Gasteiger partial charge is 0.339 e. The molecule has 22 heavy (non-hydrogen) atoms. The van der Waals surface area contributed by atoms with E-state index in [9.17, 15) is 18.0 Å². The van der Waals surface area contributed by atoms with Gasteiger partial charge in [-0.3, -0.25) is 0 Å². The van der Waals surface area contributed by atoms with Crippen molar-refractivity contribution in [3.05, 3.63) is 29.3 Å². The minimum Gasteiger partial charge on any atom is -0.465 e. The zero-order valence-corrected chi connectivity index (χ0v) is 13.1. The average Bonchev–Trinajstić information content (AvgIpc) is 2.52. The van der Waals surface area contributed by atoms with E-state index in [0.717, 1.165) is 13.2 Å². The third kappa shape index (κ3) is 4.26. The van der Waals surface area contributed by atoms with Crippen LogP contribution in [-0.4, -0.2) is 47.7 Å². The van der Waals surface area contributed by atoms with Crippen LogP contribution in [0.5, 0.6) is 0 Å². The molecule has 1 aromatic rings. The molecule has 0 unspecified atom stereocenters. The van der Waals surface area contributed by atoms with Crippen molar-refractivity contribution < 1.29 is 27.5 Å². The molecule has 0 aromatic heterocycles. The number of benzene rings is 1. The van der Waals surface area contributed by atoms with Crippen molar-refractivity contribution in [2.45, 2.75) is 11.3 Å². The van der Waals surface area contributed by atoms with E-state index in [-0.39, 0.29) is 22.6 Å². The summed E-state index contributed by atoms with van der Waals surface area (Å²) in [7, 11) is -1.69. The number of esters is 2. The maximum Gasteiger partial charge on any atom is 0.339 e. The molecule has 1 aromatic carbocycles. The van der Waals surface area contributed by atoms with Gasteiger partial charge in [-0.25, -0.2) is 22.7 Å². The second-order valence-corrected chi connectivity index (χ2v) is 5.97. The number of rotatable bonds is 7. The van der Waals surface area contributed by atoms with E-state index in [1.165, 1.54) is 19.2 Å². The molecule has 0 amide bonds. The van der Waals surface area contributed by atoms with Crippen molar-refractivity contribution >= 4 is 22.0 Å². The third-order valence-corrected chi connectivity index (χ3v) is 4.27. The van der Waals surface area contributed by atoms with Crippen LogP contribution >= 0.6 is 0 Å². The monoisotopic (exact) mass is 330 g/mol. The Hall–Kier alpha value is -1.97. The van der Waals surface area contributed by atoms with Gasteiger partial charge in [0.25, 0.3) is 0 Å². The zero-order valence-electron chi connectivity index (χ0n) is 12.3. The first-order valence-corrected chi connectivity index (χ1v) is 7.86. The maximum absolute atomic E-state index is 12.3. The van der Waals surface area contributed by atoms with Gasteiger partial charge in [-0.15, -0.1) is 0 Å². The number of nitrogens with two attached hydrogens (primary N) is 1. The number of carbonyl (C=O) groups excluding carboxylic acids is 2. The predicted molar refractivity (Wildman–Crippen MR) is 78.0 cm³/mol. The molecular formula is C13H18N2O6S. The molecule has 0 saturated carbocycles. The van der Waals surface area contributed by atoms with E-state index < -0.39 is 22.0 Å². The lowest BCUT2D eigenvalue weighted by molar-refractivity contribution is 0.0583. The Morgan fingerprint density at radius 2 is 1.82 bits per heavy atom. The van der Waals surface area contributed by atoms with Crippen LogP contribution in [0.25, 0.3) is 0 Å². The van der Waals surface area contributed by atoms with Gasteiger partial charge in [-0.05, 0) is 31.2 Å². The highest BCUT2D eigenvalue weighted by Gasteiger charge is 2.24. The molecule has 0 atom stereocenters. The number of hydrogen-bond donors (Lipinski definition) is 2. The van der Waals surface area contributed by atoms with Crippen LogP contribution in [0.1, 0.15) is 27.1 Å². The van der Waals surface area contributed by atoms with Gasteiger partial charge in [0, 0.05) is 6.54 Å². The minimum absolute atomic E-state index is 0.00866. The molecule has 0 spiro atoms. The van der Waals surface area contributed by atoms with Gasteiger partial charge in [0.05, 0.1) is 30.2 Å². The van der Waals surface area contributed by atoms with Gasteiger partial charge >= 0.3 is 11.9 Å². The van der Waals surface area contributed by atoms with Gasteiger partial charge < -0.3 is 15.2 Å². The number of ether oxygens (including phenoxy) is 2. The van der Waals surface area contributed by atoms with E-state index in [0.29, 0.717) is 13.0 Å². The molecule has 0 aliphatic heterocycles. The van der Waals surface area contributed by atoms with Gasteiger partial charge in [-0.2, -0.15) is 0 Å². The Morgan fingerprint density at radius 3 is 2.36 bits per heavy atom. The molecule has 1 rings (SSSR count). The fourth-order valence-electron chi connectivity index (χ4n) is 1.65. The zero-order chi connectivity index (χ0) is 16.8. The number of methoxy groups -OCH3 is 2. The molecule has 9 heteroatoms. The predicted octanol–water partition coefficient (Wildman–Crippen LogP) is -0.113. The van der Waals surface area contributed by atoms with Crippen molar-refractivity contribution in [2.24, 2.45) is 5.73 Å². The Labute approximate surface area is 128 Å². The molecule has 0 radical (unpaired) electrons. The van der Waals surface area contributed by atoms with E-state index in [4.69, 9.17) is 5.73 Å². The van der Waals surface area contributed by atoms with Crippen molar-refractivity contribution in [3.8, 4) is 0 Å². The van der Waals surface area contributed by atoms with Crippen LogP contribution in [0.3, 0.4) is 0 Å². The Kier molecular flexibility index (Phi) is 6.47. The van der Waals surface area contributed by atoms with Crippen LogP contribution in [-0.2, 0) is 19.5 Å². The summed E-state index contributed by atoms with van der Waals surface area (Å²) in [6.07, 6.45) is 0.434. The van der Waals surface area contributed by atoms with Crippen molar-refractivity contribution in [3.63, 3.8) is 0 Å². The number of hydrogen-bond acceptors (Lipinski definition) is 7. The Morgan fingerprint density at radius 1 is 1.18 bits per heavy atom. The molecule has 0 aliphatic rings. The van der Waals surface area contributed by atoms with E-state index in [2.05, 4.69) is 14.2 Å². The number of carbonyl (C=O) groups is 2. The average molecular weight is 330 g/mol. The molecule has 0 aliphatic carbocycles. The highest BCUT2D eigenvalue weighted by Crippen LogP contribution is 2.19. The summed E-state index contributed by atoms with van der Waals surface area (Å²) in [6, 6.07) is 3.56. The lowest BCUT2D eigenvalue weighted by Crippen LogP contribution is -2.28. The topological polar surface area (TPSA) is 125 Å². The third-order valence-electron chi connectivity index (χ3n) is 2.77. The summed E-state index contributed by atoms with van der Waals surface area (Å²) in [4.78, 5) is 22.9. The lowest BCUT2D eigenvalue weighted by atomic mass is 10.1. The normalized spacial score (nSPS) is 11.0. The van der Waals surface area contributed by atoms with Crippen molar-refractivity contribution in [2.75, 3.05) is 27.3 Å². The Balaban J connectivity index is 3.33. The quantitative estimate of drug-likeness (QED) is 0.527. The highest BCUT2D eigenvalue weighted by atomic mass is 32.2. The van der Waals surface area contributed by atoms with Gasteiger partial charge in [-0.1, -0.05) is 0 Å². The summed E-state index contributed by atoms with van der Waals surface area (Å²) < 4.78 is 36.0. The lowest BCUT2D eigenvalue weighted by Gasteiger charge is -2.11. The fourth-order valence-corrected chi connectivity index (χ4v) is 2.95. The number of nitrogens with one attached hydrogen (secondary N) is 1.